The molecule has 2 heterocycles. The highest BCUT2D eigenvalue weighted by Gasteiger charge is 2.17. The van der Waals surface area contributed by atoms with E-state index in [4.69, 9.17) is 4.74 Å². The van der Waals surface area contributed by atoms with Crippen LogP contribution in [-0.4, -0.2) is 58.4 Å². The zero-order chi connectivity index (χ0) is 15.9. The van der Waals surface area contributed by atoms with E-state index in [9.17, 15) is 4.79 Å². The van der Waals surface area contributed by atoms with Crippen LogP contribution in [0.2, 0.25) is 0 Å². The van der Waals surface area contributed by atoms with Gasteiger partial charge in [-0.05, 0) is 33.7 Å². The summed E-state index contributed by atoms with van der Waals surface area (Å²) in [5, 5.41) is 11.1. The highest BCUT2D eigenvalue weighted by Crippen LogP contribution is 2.14. The van der Waals surface area contributed by atoms with E-state index in [0.717, 1.165) is 45.1 Å². The molecule has 22 heavy (non-hydrogen) atoms. The average molecular weight is 309 g/mol. The number of aromatic nitrogens is 3. The fourth-order valence-electron chi connectivity index (χ4n) is 2.63. The first-order valence-corrected chi connectivity index (χ1v) is 8.06. The van der Waals surface area contributed by atoms with Crippen molar-refractivity contribution in [1.82, 2.24) is 25.0 Å². The van der Waals surface area contributed by atoms with Crippen molar-refractivity contribution in [2.24, 2.45) is 0 Å². The lowest BCUT2D eigenvalue weighted by atomic mass is 10.2. The SMILES string of the molecule is CC(NC(=O)CCCN1CCOCC1)c1nncn1C(C)C. The van der Waals surface area contributed by atoms with Gasteiger partial charge in [0.15, 0.2) is 5.82 Å². The fraction of sp³-hybridized carbons (Fsp3) is 0.800. The van der Waals surface area contributed by atoms with Gasteiger partial charge in [-0.2, -0.15) is 0 Å². The van der Waals surface area contributed by atoms with Gasteiger partial charge in [0.25, 0.3) is 0 Å². The third-order valence-corrected chi connectivity index (χ3v) is 3.90. The highest BCUT2D eigenvalue weighted by molar-refractivity contribution is 5.76. The van der Waals surface area contributed by atoms with Crippen LogP contribution >= 0.6 is 0 Å². The summed E-state index contributed by atoms with van der Waals surface area (Å²) in [6, 6.07) is 0.159. The third kappa shape index (κ3) is 4.78. The summed E-state index contributed by atoms with van der Waals surface area (Å²) in [6.45, 7) is 10.6. The van der Waals surface area contributed by atoms with Gasteiger partial charge in [-0.15, -0.1) is 10.2 Å². The minimum Gasteiger partial charge on any atom is -0.379 e. The van der Waals surface area contributed by atoms with E-state index in [0.29, 0.717) is 6.42 Å². The molecule has 0 radical (unpaired) electrons. The Labute approximate surface area is 132 Å². The molecule has 1 aliphatic heterocycles. The maximum absolute atomic E-state index is 12.1. The van der Waals surface area contributed by atoms with Gasteiger partial charge in [-0.25, -0.2) is 0 Å². The fourth-order valence-corrected chi connectivity index (χ4v) is 2.63. The van der Waals surface area contributed by atoms with Crippen LogP contribution in [0.5, 0.6) is 0 Å². The van der Waals surface area contributed by atoms with Gasteiger partial charge in [-0.1, -0.05) is 0 Å². The number of nitrogens with one attached hydrogen (secondary N) is 1. The Kier molecular flexibility index (Phi) is 6.33. The second kappa shape index (κ2) is 8.24. The van der Waals surface area contributed by atoms with Crippen LogP contribution in [0, 0.1) is 0 Å². The molecule has 1 aliphatic rings. The minimum atomic E-state index is -0.124. The number of rotatable bonds is 7. The summed E-state index contributed by atoms with van der Waals surface area (Å²) in [5.74, 6) is 0.871. The van der Waals surface area contributed by atoms with Crippen LogP contribution in [0.1, 0.15) is 51.5 Å². The number of hydrogen-bond acceptors (Lipinski definition) is 5. The van der Waals surface area contributed by atoms with Crippen LogP contribution in [0.4, 0.5) is 0 Å². The van der Waals surface area contributed by atoms with E-state index in [-0.39, 0.29) is 18.0 Å². The van der Waals surface area contributed by atoms with Crippen molar-refractivity contribution in [2.75, 3.05) is 32.8 Å². The zero-order valence-corrected chi connectivity index (χ0v) is 13.8. The molecule has 0 aliphatic carbocycles. The lowest BCUT2D eigenvalue weighted by Crippen LogP contribution is -2.37. The number of morpholine rings is 1. The number of amides is 1. The van der Waals surface area contributed by atoms with Crippen LogP contribution < -0.4 is 5.32 Å². The molecule has 0 saturated carbocycles. The molecule has 1 saturated heterocycles. The van der Waals surface area contributed by atoms with Gasteiger partial charge in [-0.3, -0.25) is 9.69 Å². The van der Waals surface area contributed by atoms with Crippen molar-refractivity contribution in [3.8, 4) is 0 Å². The van der Waals surface area contributed by atoms with Gasteiger partial charge in [0.1, 0.15) is 6.33 Å². The predicted octanol–water partition coefficient (Wildman–Crippen LogP) is 1.15. The Bertz CT molecular complexity index is 468. The van der Waals surface area contributed by atoms with E-state index in [2.05, 4.69) is 34.3 Å². The molecular weight excluding hydrogens is 282 g/mol. The summed E-state index contributed by atoms with van der Waals surface area (Å²) < 4.78 is 7.30. The molecule has 0 bridgehead atoms. The summed E-state index contributed by atoms with van der Waals surface area (Å²) in [5.41, 5.74) is 0. The largest absolute Gasteiger partial charge is 0.379 e. The molecule has 1 aromatic heterocycles. The maximum Gasteiger partial charge on any atom is 0.220 e. The van der Waals surface area contributed by atoms with Crippen molar-refractivity contribution >= 4 is 5.91 Å². The Morgan fingerprint density at radius 3 is 2.77 bits per heavy atom. The van der Waals surface area contributed by atoms with Gasteiger partial charge in [0.05, 0.1) is 19.3 Å². The molecule has 2 rings (SSSR count). The summed E-state index contributed by atoms with van der Waals surface area (Å²) >= 11 is 0. The molecule has 7 nitrogen and oxygen atoms in total. The van der Waals surface area contributed by atoms with Crippen LogP contribution in [0.3, 0.4) is 0 Å². The van der Waals surface area contributed by atoms with Crippen molar-refractivity contribution in [1.29, 1.82) is 0 Å². The third-order valence-electron chi connectivity index (χ3n) is 3.90. The number of hydrogen-bond donors (Lipinski definition) is 1. The zero-order valence-electron chi connectivity index (χ0n) is 13.8. The Morgan fingerprint density at radius 2 is 2.09 bits per heavy atom. The number of carbonyl (C=O) groups excluding carboxylic acids is 1. The standard InChI is InChI=1S/C15H27N5O2/c1-12(2)20-11-16-18-15(20)13(3)17-14(21)5-4-6-19-7-9-22-10-8-19/h11-13H,4-10H2,1-3H3,(H,17,21). The maximum atomic E-state index is 12.1. The molecule has 1 amide bonds. The predicted molar refractivity (Wildman–Crippen MR) is 83.5 cm³/mol. The molecule has 1 aromatic rings. The molecule has 1 fully saturated rings. The minimum absolute atomic E-state index is 0.0686. The molecule has 7 heteroatoms. The molecule has 0 spiro atoms. The Hall–Kier alpha value is -1.47. The summed E-state index contributed by atoms with van der Waals surface area (Å²) in [4.78, 5) is 14.4. The average Bonchev–Trinajstić information content (AvgIpc) is 2.98. The van der Waals surface area contributed by atoms with E-state index >= 15 is 0 Å². The Balaban J connectivity index is 1.72. The first-order chi connectivity index (χ1) is 10.6. The van der Waals surface area contributed by atoms with Crippen molar-refractivity contribution in [2.45, 2.75) is 45.7 Å². The lowest BCUT2D eigenvalue weighted by molar-refractivity contribution is -0.122. The normalized spacial score (nSPS) is 17.6. The van der Waals surface area contributed by atoms with E-state index in [1.54, 1.807) is 6.33 Å². The van der Waals surface area contributed by atoms with Gasteiger partial charge < -0.3 is 14.6 Å². The Morgan fingerprint density at radius 1 is 1.36 bits per heavy atom. The second-order valence-corrected chi connectivity index (χ2v) is 6.04. The van der Waals surface area contributed by atoms with Crippen LogP contribution in [-0.2, 0) is 9.53 Å². The van der Waals surface area contributed by atoms with E-state index in [1.807, 2.05) is 11.5 Å². The lowest BCUT2D eigenvalue weighted by Gasteiger charge is -2.26. The number of ether oxygens (including phenoxy) is 1. The molecule has 1 unspecified atom stereocenters. The first-order valence-electron chi connectivity index (χ1n) is 8.06. The van der Waals surface area contributed by atoms with Crippen LogP contribution in [0.25, 0.3) is 0 Å². The van der Waals surface area contributed by atoms with Crippen molar-refractivity contribution in [3.05, 3.63) is 12.2 Å². The summed E-state index contributed by atoms with van der Waals surface area (Å²) in [7, 11) is 0. The van der Waals surface area contributed by atoms with Gasteiger partial charge in [0.2, 0.25) is 5.91 Å². The molecule has 1 atom stereocenters. The smallest absolute Gasteiger partial charge is 0.220 e. The molecule has 0 aromatic carbocycles. The molecule has 124 valence electrons. The topological polar surface area (TPSA) is 72.3 Å². The van der Waals surface area contributed by atoms with Crippen molar-refractivity contribution < 1.29 is 9.53 Å². The van der Waals surface area contributed by atoms with Gasteiger partial charge in [0, 0.05) is 25.6 Å². The van der Waals surface area contributed by atoms with Gasteiger partial charge >= 0.3 is 0 Å². The summed E-state index contributed by atoms with van der Waals surface area (Å²) in [6.07, 6.45) is 3.12. The quantitative estimate of drug-likeness (QED) is 0.818. The highest BCUT2D eigenvalue weighted by atomic mass is 16.5. The second-order valence-electron chi connectivity index (χ2n) is 6.04. The molecule has 1 N–H and O–H groups in total. The molecular formula is C15H27N5O2. The van der Waals surface area contributed by atoms with Crippen LogP contribution in [0.15, 0.2) is 6.33 Å². The van der Waals surface area contributed by atoms with E-state index < -0.39 is 0 Å². The number of nitrogens with zero attached hydrogens (tertiary/aromatic N) is 4. The van der Waals surface area contributed by atoms with Crippen molar-refractivity contribution in [3.63, 3.8) is 0 Å². The number of carbonyl (C=O) groups is 1. The first kappa shape index (κ1) is 16.9. The monoisotopic (exact) mass is 309 g/mol. The van der Waals surface area contributed by atoms with E-state index in [1.165, 1.54) is 0 Å².